The largest absolute Gasteiger partial charge is 0.378 e. The lowest BCUT2D eigenvalue weighted by Crippen LogP contribution is -2.08. The van der Waals surface area contributed by atoms with Crippen molar-refractivity contribution in [1.82, 2.24) is 0 Å². The summed E-state index contributed by atoms with van der Waals surface area (Å²) < 4.78 is 0. The lowest BCUT2D eigenvalue weighted by Gasteiger charge is -2.11. The minimum Gasteiger partial charge on any atom is -0.378 e. The highest BCUT2D eigenvalue weighted by Crippen LogP contribution is 2.17. The van der Waals surface area contributed by atoms with E-state index in [0.29, 0.717) is 0 Å². The molecule has 0 bridgehead atoms. The fourth-order valence-corrected chi connectivity index (χ4v) is 2.11. The van der Waals surface area contributed by atoms with Crippen LogP contribution in [0.5, 0.6) is 0 Å². The predicted octanol–water partition coefficient (Wildman–Crippen LogP) is 4.14. The van der Waals surface area contributed by atoms with Crippen LogP contribution in [0.1, 0.15) is 24.0 Å². The molecule has 2 aromatic rings. The highest BCUT2D eigenvalue weighted by Gasteiger charge is 2.11. The molecule has 0 aliphatic carbocycles. The molecule has 21 heavy (non-hydrogen) atoms. The van der Waals surface area contributed by atoms with Gasteiger partial charge in [0.1, 0.15) is 0 Å². The molecule has 0 heterocycles. The van der Waals surface area contributed by atoms with E-state index in [2.05, 4.69) is 4.90 Å². The molecule has 0 N–H and O–H groups in total. The molecular weight excluding hydrogens is 258 g/mol. The third-order valence-electron chi connectivity index (χ3n) is 3.58. The lowest BCUT2D eigenvalue weighted by molar-refractivity contribution is -0.115. The van der Waals surface area contributed by atoms with Crippen molar-refractivity contribution in [2.24, 2.45) is 0 Å². The van der Waals surface area contributed by atoms with E-state index < -0.39 is 0 Å². The predicted molar refractivity (Wildman–Crippen MR) is 89.7 cm³/mol. The molecule has 2 nitrogen and oxygen atoms in total. The van der Waals surface area contributed by atoms with Gasteiger partial charge in [-0.1, -0.05) is 55.5 Å². The van der Waals surface area contributed by atoms with E-state index in [9.17, 15) is 4.79 Å². The third-order valence-corrected chi connectivity index (χ3v) is 3.58. The highest BCUT2D eigenvalue weighted by atomic mass is 16.1. The van der Waals surface area contributed by atoms with Gasteiger partial charge in [0, 0.05) is 25.7 Å². The Morgan fingerprint density at radius 2 is 1.62 bits per heavy atom. The Hall–Kier alpha value is -2.35. The summed E-state index contributed by atoms with van der Waals surface area (Å²) in [5.41, 5.74) is 3.24. The lowest BCUT2D eigenvalue weighted by atomic mass is 9.96. The summed E-state index contributed by atoms with van der Waals surface area (Å²) in [6, 6.07) is 18.0. The first-order valence-electron chi connectivity index (χ1n) is 7.12. The monoisotopic (exact) mass is 279 g/mol. The first-order valence-corrected chi connectivity index (χ1v) is 7.12. The minimum atomic E-state index is -0.108. The zero-order valence-electron chi connectivity index (χ0n) is 12.8. The van der Waals surface area contributed by atoms with Crippen LogP contribution in [-0.2, 0) is 4.79 Å². The van der Waals surface area contributed by atoms with Gasteiger partial charge in [-0.2, -0.15) is 0 Å². The number of hydrogen-bond donors (Lipinski definition) is 0. The maximum absolute atomic E-state index is 12.2. The average Bonchev–Trinajstić information content (AvgIpc) is 2.53. The van der Waals surface area contributed by atoms with Crippen LogP contribution in [0, 0.1) is 0 Å². The fraction of sp³-hybridized carbons (Fsp3) is 0.211. The molecule has 1 unspecified atom stereocenters. The average molecular weight is 279 g/mol. The van der Waals surface area contributed by atoms with Crippen molar-refractivity contribution in [3.8, 4) is 0 Å². The van der Waals surface area contributed by atoms with Crippen molar-refractivity contribution < 1.29 is 4.79 Å². The molecule has 0 saturated carbocycles. The van der Waals surface area contributed by atoms with Crippen molar-refractivity contribution >= 4 is 17.5 Å². The van der Waals surface area contributed by atoms with Crippen LogP contribution in [-0.4, -0.2) is 19.9 Å². The summed E-state index contributed by atoms with van der Waals surface area (Å²) >= 11 is 0. The number of carbonyl (C=O) groups excluding carboxylic acids is 1. The van der Waals surface area contributed by atoms with Gasteiger partial charge in [-0.15, -0.1) is 0 Å². The van der Waals surface area contributed by atoms with Crippen LogP contribution in [0.25, 0.3) is 6.08 Å². The van der Waals surface area contributed by atoms with Crippen LogP contribution in [0.2, 0.25) is 0 Å². The van der Waals surface area contributed by atoms with Gasteiger partial charge < -0.3 is 4.90 Å². The smallest absolute Gasteiger partial charge is 0.162 e. The van der Waals surface area contributed by atoms with Gasteiger partial charge in [0.05, 0.1) is 0 Å². The van der Waals surface area contributed by atoms with Crippen LogP contribution >= 0.6 is 0 Å². The van der Waals surface area contributed by atoms with Crippen LogP contribution in [0.4, 0.5) is 5.69 Å². The van der Waals surface area contributed by atoms with Gasteiger partial charge in [-0.25, -0.2) is 0 Å². The fourth-order valence-electron chi connectivity index (χ4n) is 2.11. The van der Waals surface area contributed by atoms with Crippen molar-refractivity contribution in [2.75, 3.05) is 19.0 Å². The van der Waals surface area contributed by atoms with Crippen molar-refractivity contribution in [3.63, 3.8) is 0 Å². The molecule has 0 aliphatic heterocycles. The molecule has 2 rings (SSSR count). The summed E-state index contributed by atoms with van der Waals surface area (Å²) in [4.78, 5) is 14.2. The molecule has 0 amide bonds. The standard InChI is InChI=1S/C19H21NO/c1-15(17-7-5-4-6-8-17)19(21)14-11-16-9-12-18(13-10-16)20(2)3/h4-15H,1-3H3/b14-11+. The van der Waals surface area contributed by atoms with Crippen LogP contribution in [0.15, 0.2) is 60.7 Å². The minimum absolute atomic E-state index is 0.108. The van der Waals surface area contributed by atoms with Gasteiger partial charge in [-0.05, 0) is 29.3 Å². The second-order valence-corrected chi connectivity index (χ2v) is 5.35. The molecule has 0 radical (unpaired) electrons. The van der Waals surface area contributed by atoms with Gasteiger partial charge in [0.25, 0.3) is 0 Å². The number of nitrogens with zero attached hydrogens (tertiary/aromatic N) is 1. The number of hydrogen-bond acceptors (Lipinski definition) is 2. The van der Waals surface area contributed by atoms with E-state index in [4.69, 9.17) is 0 Å². The highest BCUT2D eigenvalue weighted by molar-refractivity contribution is 5.98. The number of anilines is 1. The summed E-state index contributed by atoms with van der Waals surface area (Å²) in [7, 11) is 4.02. The topological polar surface area (TPSA) is 20.3 Å². The quantitative estimate of drug-likeness (QED) is 0.767. The second-order valence-electron chi connectivity index (χ2n) is 5.35. The Morgan fingerprint density at radius 3 is 2.19 bits per heavy atom. The Morgan fingerprint density at radius 1 is 1.00 bits per heavy atom. The molecule has 0 saturated heterocycles. The van der Waals surface area contributed by atoms with E-state index in [-0.39, 0.29) is 11.7 Å². The molecule has 0 fully saturated rings. The van der Waals surface area contributed by atoms with Crippen LogP contribution in [0.3, 0.4) is 0 Å². The number of ketones is 1. The van der Waals surface area contributed by atoms with Gasteiger partial charge in [-0.3, -0.25) is 4.79 Å². The Kier molecular flexibility index (Phi) is 4.94. The van der Waals surface area contributed by atoms with Crippen molar-refractivity contribution in [1.29, 1.82) is 0 Å². The van der Waals surface area contributed by atoms with Crippen molar-refractivity contribution in [3.05, 3.63) is 71.8 Å². The molecule has 1 atom stereocenters. The van der Waals surface area contributed by atoms with Gasteiger partial charge in [0.15, 0.2) is 5.78 Å². The van der Waals surface area contributed by atoms with Crippen molar-refractivity contribution in [2.45, 2.75) is 12.8 Å². The maximum atomic E-state index is 12.2. The van der Waals surface area contributed by atoms with Gasteiger partial charge >= 0.3 is 0 Å². The van der Waals surface area contributed by atoms with E-state index in [1.807, 2.05) is 81.7 Å². The number of benzene rings is 2. The number of rotatable bonds is 5. The Bertz CT molecular complexity index is 612. The van der Waals surface area contributed by atoms with Crippen LogP contribution < -0.4 is 4.90 Å². The summed E-state index contributed by atoms with van der Waals surface area (Å²) in [6.07, 6.45) is 3.55. The number of carbonyl (C=O) groups is 1. The summed E-state index contributed by atoms with van der Waals surface area (Å²) in [5.74, 6) is 0.0152. The molecule has 0 aromatic heterocycles. The molecule has 2 heteroatoms. The first kappa shape index (κ1) is 15.0. The SMILES string of the molecule is CC(C(=O)/C=C/c1ccc(N(C)C)cc1)c1ccccc1. The molecular formula is C19H21NO. The first-order chi connectivity index (χ1) is 10.1. The molecule has 0 aliphatic rings. The maximum Gasteiger partial charge on any atom is 0.162 e. The second kappa shape index (κ2) is 6.89. The molecule has 2 aromatic carbocycles. The Balaban J connectivity index is 2.05. The number of allylic oxidation sites excluding steroid dienone is 1. The van der Waals surface area contributed by atoms with E-state index in [0.717, 1.165) is 16.8 Å². The summed E-state index contributed by atoms with van der Waals surface area (Å²) in [5, 5.41) is 0. The zero-order valence-corrected chi connectivity index (χ0v) is 12.8. The van der Waals surface area contributed by atoms with E-state index in [1.54, 1.807) is 6.08 Å². The van der Waals surface area contributed by atoms with E-state index in [1.165, 1.54) is 0 Å². The third kappa shape index (κ3) is 4.06. The normalized spacial score (nSPS) is 12.3. The summed E-state index contributed by atoms with van der Waals surface area (Å²) in [6.45, 7) is 1.94. The molecule has 108 valence electrons. The molecule has 0 spiro atoms. The Labute approximate surface area is 126 Å². The van der Waals surface area contributed by atoms with Gasteiger partial charge in [0.2, 0.25) is 0 Å². The van der Waals surface area contributed by atoms with E-state index >= 15 is 0 Å². The zero-order chi connectivity index (χ0) is 15.2.